The molecule has 7 heteroatoms. The van der Waals surface area contributed by atoms with Gasteiger partial charge in [0.25, 0.3) is 0 Å². The minimum absolute atomic E-state index is 0.117. The Morgan fingerprint density at radius 1 is 1.53 bits per heavy atom. The number of benzene rings is 1. The monoisotopic (exact) mass is 243 g/mol. The molecule has 1 aromatic rings. The molecule has 1 aromatic carbocycles. The molecular formula is C10H7F2NO4. The molecule has 0 amide bonds. The molecule has 0 unspecified atom stereocenters. The highest BCUT2D eigenvalue weighted by molar-refractivity contribution is 5.91. The maximum Gasteiger partial charge on any atom is 0.387 e. The average Bonchev–Trinajstić information content (AvgIpc) is 2.27. The van der Waals surface area contributed by atoms with Crippen LogP contribution in [0.4, 0.5) is 8.78 Å². The van der Waals surface area contributed by atoms with Crippen molar-refractivity contribution < 1.29 is 28.5 Å². The van der Waals surface area contributed by atoms with Crippen LogP contribution in [0.25, 0.3) is 0 Å². The summed E-state index contributed by atoms with van der Waals surface area (Å²) in [5, 5.41) is 26.4. The van der Waals surface area contributed by atoms with E-state index in [0.29, 0.717) is 0 Å². The van der Waals surface area contributed by atoms with Crippen LogP contribution in [-0.4, -0.2) is 22.8 Å². The first-order chi connectivity index (χ1) is 8.01. The lowest BCUT2D eigenvalue weighted by molar-refractivity contribution is -0.0514. The number of carboxylic acids is 1. The molecule has 0 bridgehead atoms. The van der Waals surface area contributed by atoms with Crippen LogP contribution in [0.1, 0.15) is 21.5 Å². The molecule has 90 valence electrons. The number of hydrogen-bond donors (Lipinski definition) is 2. The fraction of sp³-hybridized carbons (Fsp3) is 0.200. The molecule has 5 nitrogen and oxygen atoms in total. The Kier molecular flexibility index (Phi) is 3.96. The van der Waals surface area contributed by atoms with Crippen LogP contribution in [0.15, 0.2) is 12.1 Å². The summed E-state index contributed by atoms with van der Waals surface area (Å²) in [7, 11) is 0. The number of aliphatic hydroxyl groups excluding tert-OH is 1. The van der Waals surface area contributed by atoms with Gasteiger partial charge in [0.15, 0.2) is 0 Å². The Labute approximate surface area is 94.5 Å². The van der Waals surface area contributed by atoms with E-state index < -0.39 is 30.5 Å². The van der Waals surface area contributed by atoms with E-state index in [-0.39, 0.29) is 11.1 Å². The van der Waals surface area contributed by atoms with Crippen LogP contribution >= 0.6 is 0 Å². The first kappa shape index (κ1) is 12.9. The average molecular weight is 243 g/mol. The number of aromatic carboxylic acids is 1. The summed E-state index contributed by atoms with van der Waals surface area (Å²) in [6.45, 7) is -4.01. The first-order valence-electron chi connectivity index (χ1n) is 4.36. The van der Waals surface area contributed by atoms with Crippen LogP contribution in [0.3, 0.4) is 0 Å². The molecule has 17 heavy (non-hydrogen) atoms. The molecule has 0 aliphatic carbocycles. The topological polar surface area (TPSA) is 90.6 Å². The Balaban J connectivity index is 3.45. The van der Waals surface area contributed by atoms with E-state index in [4.69, 9.17) is 15.5 Å². The van der Waals surface area contributed by atoms with Crippen LogP contribution < -0.4 is 4.74 Å². The van der Waals surface area contributed by atoms with Gasteiger partial charge >= 0.3 is 12.6 Å². The van der Waals surface area contributed by atoms with Crippen LogP contribution in [0, 0.1) is 11.3 Å². The Bertz CT molecular complexity index is 482. The number of nitrogens with zero attached hydrogens (tertiary/aromatic N) is 1. The SMILES string of the molecule is N#Cc1ccc(C(=O)O)c(OC(F)F)c1CO. The fourth-order valence-electron chi connectivity index (χ4n) is 1.28. The summed E-state index contributed by atoms with van der Waals surface area (Å²) in [5.74, 6) is -2.17. The number of carboxylic acid groups (broad SMARTS) is 1. The number of halogens is 2. The normalized spacial score (nSPS) is 10.1. The zero-order valence-corrected chi connectivity index (χ0v) is 8.35. The summed E-state index contributed by atoms with van der Waals surface area (Å²) < 4.78 is 28.3. The van der Waals surface area contributed by atoms with E-state index in [1.165, 1.54) is 0 Å². The van der Waals surface area contributed by atoms with Crippen molar-refractivity contribution in [2.75, 3.05) is 0 Å². The van der Waals surface area contributed by atoms with E-state index >= 15 is 0 Å². The molecule has 0 spiro atoms. The molecule has 2 N–H and O–H groups in total. The van der Waals surface area contributed by atoms with Crippen molar-refractivity contribution in [3.8, 4) is 11.8 Å². The number of ether oxygens (including phenoxy) is 1. The van der Waals surface area contributed by atoms with Crippen molar-refractivity contribution in [3.63, 3.8) is 0 Å². The molecule has 0 fully saturated rings. The lowest BCUT2D eigenvalue weighted by Crippen LogP contribution is -2.11. The third kappa shape index (κ3) is 2.68. The third-order valence-electron chi connectivity index (χ3n) is 1.98. The van der Waals surface area contributed by atoms with Gasteiger partial charge in [0.2, 0.25) is 0 Å². The van der Waals surface area contributed by atoms with Crippen LogP contribution in [-0.2, 0) is 6.61 Å². The highest BCUT2D eigenvalue weighted by Gasteiger charge is 2.21. The van der Waals surface area contributed by atoms with Crippen molar-refractivity contribution in [2.45, 2.75) is 13.2 Å². The molecule has 0 saturated carbocycles. The predicted octanol–water partition coefficient (Wildman–Crippen LogP) is 1.35. The largest absolute Gasteiger partial charge is 0.478 e. The maximum absolute atomic E-state index is 12.1. The van der Waals surface area contributed by atoms with Crippen molar-refractivity contribution in [1.29, 1.82) is 5.26 Å². The number of nitriles is 1. The van der Waals surface area contributed by atoms with Gasteiger partial charge in [-0.3, -0.25) is 0 Å². The van der Waals surface area contributed by atoms with Crippen LogP contribution in [0.5, 0.6) is 5.75 Å². The van der Waals surface area contributed by atoms with Gasteiger partial charge in [-0.1, -0.05) is 0 Å². The molecule has 0 aliphatic heterocycles. The van der Waals surface area contributed by atoms with E-state index in [2.05, 4.69) is 4.74 Å². The highest BCUT2D eigenvalue weighted by atomic mass is 19.3. The minimum Gasteiger partial charge on any atom is -0.478 e. The van der Waals surface area contributed by atoms with Gasteiger partial charge in [-0.15, -0.1) is 0 Å². The van der Waals surface area contributed by atoms with Crippen molar-refractivity contribution in [1.82, 2.24) is 0 Å². The number of alkyl halides is 2. The van der Waals surface area contributed by atoms with Crippen molar-refractivity contribution in [2.24, 2.45) is 0 Å². The molecule has 0 heterocycles. The Morgan fingerprint density at radius 3 is 2.59 bits per heavy atom. The molecule has 0 radical (unpaired) electrons. The fourth-order valence-corrected chi connectivity index (χ4v) is 1.28. The van der Waals surface area contributed by atoms with Gasteiger partial charge in [-0.25, -0.2) is 4.79 Å². The smallest absolute Gasteiger partial charge is 0.387 e. The second kappa shape index (κ2) is 5.23. The number of hydrogen-bond acceptors (Lipinski definition) is 4. The minimum atomic E-state index is -3.24. The molecule has 0 aliphatic rings. The molecule has 0 saturated heterocycles. The van der Waals surface area contributed by atoms with Gasteiger partial charge in [-0.2, -0.15) is 14.0 Å². The zero-order valence-electron chi connectivity index (χ0n) is 8.35. The molecule has 0 aromatic heterocycles. The summed E-state index contributed by atoms with van der Waals surface area (Å²) in [5.41, 5.74) is -0.922. The van der Waals surface area contributed by atoms with E-state index in [0.717, 1.165) is 12.1 Å². The lowest BCUT2D eigenvalue weighted by Gasteiger charge is -2.12. The van der Waals surface area contributed by atoms with Gasteiger partial charge in [-0.05, 0) is 12.1 Å². The standard InChI is InChI=1S/C10H7F2NO4/c11-10(12)17-8-6(9(15)16)2-1-5(3-13)7(8)4-14/h1-2,10,14H,4H2,(H,15,16). The summed E-state index contributed by atoms with van der Waals surface area (Å²) in [6.07, 6.45) is 0. The van der Waals surface area contributed by atoms with Gasteiger partial charge in [0.05, 0.1) is 18.2 Å². The van der Waals surface area contributed by atoms with Crippen molar-refractivity contribution in [3.05, 3.63) is 28.8 Å². The second-order valence-corrected chi connectivity index (χ2v) is 2.92. The molecule has 1 rings (SSSR count). The Hall–Kier alpha value is -2.20. The molecule has 0 atom stereocenters. The first-order valence-corrected chi connectivity index (χ1v) is 4.36. The Morgan fingerprint density at radius 2 is 2.18 bits per heavy atom. The second-order valence-electron chi connectivity index (χ2n) is 2.92. The predicted molar refractivity (Wildman–Crippen MR) is 50.7 cm³/mol. The van der Waals surface area contributed by atoms with Crippen molar-refractivity contribution >= 4 is 5.97 Å². The summed E-state index contributed by atoms with van der Waals surface area (Å²) in [6, 6.07) is 3.74. The van der Waals surface area contributed by atoms with E-state index in [1.807, 2.05) is 0 Å². The van der Waals surface area contributed by atoms with E-state index in [9.17, 15) is 13.6 Å². The van der Waals surface area contributed by atoms with Gasteiger partial charge in [0, 0.05) is 5.56 Å². The number of rotatable bonds is 4. The van der Waals surface area contributed by atoms with E-state index in [1.54, 1.807) is 6.07 Å². The number of carbonyl (C=O) groups is 1. The quantitative estimate of drug-likeness (QED) is 0.832. The van der Waals surface area contributed by atoms with Gasteiger partial charge < -0.3 is 14.9 Å². The van der Waals surface area contributed by atoms with Gasteiger partial charge in [0.1, 0.15) is 11.3 Å². The summed E-state index contributed by atoms with van der Waals surface area (Å²) in [4.78, 5) is 10.8. The lowest BCUT2D eigenvalue weighted by atomic mass is 10.0. The number of aliphatic hydroxyl groups is 1. The zero-order chi connectivity index (χ0) is 13.0. The maximum atomic E-state index is 12.1. The summed E-state index contributed by atoms with van der Waals surface area (Å²) >= 11 is 0. The third-order valence-corrected chi connectivity index (χ3v) is 1.98. The molecular weight excluding hydrogens is 236 g/mol. The highest BCUT2D eigenvalue weighted by Crippen LogP contribution is 2.29. The van der Waals surface area contributed by atoms with Crippen LogP contribution in [0.2, 0.25) is 0 Å².